The number of nitriles is 1. The zero-order valence-corrected chi connectivity index (χ0v) is 15.6. The highest BCUT2D eigenvalue weighted by atomic mass is 35.5. The minimum absolute atomic E-state index is 0.0184. The fraction of sp³-hybridized carbons (Fsp3) is 0.474. The van der Waals surface area contributed by atoms with Crippen LogP contribution in [0.25, 0.3) is 0 Å². The maximum atomic E-state index is 11.5. The summed E-state index contributed by atoms with van der Waals surface area (Å²) in [6.07, 6.45) is 1.98. The lowest BCUT2D eigenvalue weighted by Crippen LogP contribution is -2.44. The molecule has 6 nitrogen and oxygen atoms in total. The van der Waals surface area contributed by atoms with Crippen LogP contribution in [-0.4, -0.2) is 28.7 Å². The Balaban J connectivity index is 2.29. The van der Waals surface area contributed by atoms with Crippen LogP contribution in [0.2, 0.25) is 5.02 Å². The van der Waals surface area contributed by atoms with Gasteiger partial charge >= 0.3 is 5.97 Å². The van der Waals surface area contributed by atoms with E-state index in [0.29, 0.717) is 23.6 Å². The second kappa shape index (κ2) is 8.33. The third-order valence-corrected chi connectivity index (χ3v) is 4.97. The van der Waals surface area contributed by atoms with Crippen molar-refractivity contribution in [3.8, 4) is 6.07 Å². The van der Waals surface area contributed by atoms with Gasteiger partial charge < -0.3 is 10.4 Å². The number of halogens is 1. The van der Waals surface area contributed by atoms with Gasteiger partial charge in [-0.25, -0.2) is 4.79 Å². The molecule has 0 radical (unpaired) electrons. The van der Waals surface area contributed by atoms with Crippen LogP contribution in [0.15, 0.2) is 29.3 Å². The monoisotopic (exact) mass is 375 g/mol. The predicted octanol–water partition coefficient (Wildman–Crippen LogP) is 3.52. The number of carbonyl (C=O) groups is 2. The van der Waals surface area contributed by atoms with E-state index in [1.54, 1.807) is 12.1 Å². The molecule has 1 aromatic carbocycles. The van der Waals surface area contributed by atoms with Gasteiger partial charge in [-0.2, -0.15) is 5.26 Å². The first-order chi connectivity index (χ1) is 12.3. The van der Waals surface area contributed by atoms with E-state index < -0.39 is 23.3 Å². The molecule has 0 bridgehead atoms. The summed E-state index contributed by atoms with van der Waals surface area (Å²) in [6.45, 7) is 3.19. The zero-order chi connectivity index (χ0) is 19.3. The molecular formula is C19H22ClN3O3. The molecule has 0 unspecified atom stereocenters. The number of nitrogens with zero attached hydrogens (tertiary/aromatic N) is 2. The fourth-order valence-electron chi connectivity index (χ4n) is 3.36. The molecule has 0 saturated heterocycles. The number of aliphatic carboxylic acids is 1. The summed E-state index contributed by atoms with van der Waals surface area (Å²) < 4.78 is 0. The van der Waals surface area contributed by atoms with Gasteiger partial charge in [0.15, 0.2) is 0 Å². The second-order valence-electron chi connectivity index (χ2n) is 6.65. The number of hydrogen-bond acceptors (Lipinski definition) is 4. The normalized spacial score (nSPS) is 23.2. The maximum absolute atomic E-state index is 11.5. The Kier molecular flexibility index (Phi) is 6.38. The molecule has 138 valence electrons. The topological polar surface area (TPSA) is 103 Å². The van der Waals surface area contributed by atoms with Gasteiger partial charge in [0.25, 0.3) is 0 Å². The molecule has 3 atom stereocenters. The lowest BCUT2D eigenvalue weighted by Gasteiger charge is -2.26. The summed E-state index contributed by atoms with van der Waals surface area (Å²) >= 11 is 5.91. The van der Waals surface area contributed by atoms with E-state index in [1.807, 2.05) is 19.1 Å². The van der Waals surface area contributed by atoms with Crippen molar-refractivity contribution in [3.05, 3.63) is 34.9 Å². The van der Waals surface area contributed by atoms with Crippen LogP contribution in [-0.2, 0) is 9.59 Å². The zero-order valence-electron chi connectivity index (χ0n) is 14.8. The third-order valence-electron chi connectivity index (χ3n) is 4.71. The first kappa shape index (κ1) is 19.9. The van der Waals surface area contributed by atoms with Crippen molar-refractivity contribution in [3.63, 3.8) is 0 Å². The van der Waals surface area contributed by atoms with Gasteiger partial charge in [0, 0.05) is 24.1 Å². The van der Waals surface area contributed by atoms with Crippen LogP contribution in [0.1, 0.15) is 51.1 Å². The van der Waals surface area contributed by atoms with Crippen LogP contribution in [0.5, 0.6) is 0 Å². The second-order valence-corrected chi connectivity index (χ2v) is 7.08. The first-order valence-electron chi connectivity index (χ1n) is 8.51. The summed E-state index contributed by atoms with van der Waals surface area (Å²) in [5.74, 6) is -1.58. The Labute approximate surface area is 157 Å². The molecule has 1 aliphatic carbocycles. The van der Waals surface area contributed by atoms with E-state index >= 15 is 0 Å². The first-order valence-corrected chi connectivity index (χ1v) is 8.89. The number of hydrogen-bond donors (Lipinski definition) is 2. The lowest BCUT2D eigenvalue weighted by molar-refractivity contribution is -0.142. The Bertz CT molecular complexity index is 754. The standard InChI is InChI=1S/C19H22ClN3O3/c1-12(14-5-7-15(20)8-6-14)22-17-4-3-9-19(17,11-21)10-16(18(25)26)23-13(2)24/h5-8,12,16H,3-4,9-10H2,1-2H3,(H,23,24)(H,25,26)/b22-17+/t12-,16-,19+/m0/s1. The van der Waals surface area contributed by atoms with Crippen LogP contribution >= 0.6 is 11.6 Å². The van der Waals surface area contributed by atoms with Gasteiger partial charge in [0.1, 0.15) is 6.04 Å². The highest BCUT2D eigenvalue weighted by molar-refractivity contribution is 6.30. The number of carboxylic acids is 1. The number of rotatable bonds is 6. The minimum Gasteiger partial charge on any atom is -0.480 e. The van der Waals surface area contributed by atoms with Crippen molar-refractivity contribution in [2.75, 3.05) is 0 Å². The van der Waals surface area contributed by atoms with E-state index in [0.717, 1.165) is 12.0 Å². The van der Waals surface area contributed by atoms with E-state index in [9.17, 15) is 20.0 Å². The molecule has 1 aromatic rings. The summed E-state index contributed by atoms with van der Waals surface area (Å²) in [4.78, 5) is 27.5. The minimum atomic E-state index is -1.15. The molecule has 0 spiro atoms. The molecule has 2 N–H and O–H groups in total. The molecule has 1 fully saturated rings. The van der Waals surface area contributed by atoms with Crippen molar-refractivity contribution in [2.45, 2.75) is 51.6 Å². The molecule has 1 aliphatic rings. The van der Waals surface area contributed by atoms with Gasteiger partial charge in [0.2, 0.25) is 5.91 Å². The molecule has 0 aliphatic heterocycles. The number of benzene rings is 1. The number of carboxylic acid groups (broad SMARTS) is 1. The Morgan fingerprint density at radius 1 is 1.42 bits per heavy atom. The molecule has 7 heteroatoms. The van der Waals surface area contributed by atoms with Gasteiger partial charge in [-0.1, -0.05) is 23.7 Å². The average molecular weight is 376 g/mol. The van der Waals surface area contributed by atoms with Gasteiger partial charge in [-0.05, 0) is 43.9 Å². The average Bonchev–Trinajstić information content (AvgIpc) is 2.97. The number of amides is 1. The van der Waals surface area contributed by atoms with Crippen LogP contribution in [0, 0.1) is 16.7 Å². The van der Waals surface area contributed by atoms with Crippen molar-refractivity contribution in [1.29, 1.82) is 5.26 Å². The summed E-state index contributed by atoms with van der Waals surface area (Å²) in [5, 5.41) is 22.3. The third kappa shape index (κ3) is 4.61. The maximum Gasteiger partial charge on any atom is 0.326 e. The van der Waals surface area contributed by atoms with Crippen LogP contribution in [0.4, 0.5) is 0 Å². The summed E-state index contributed by atoms with van der Waals surface area (Å²) in [7, 11) is 0. The molecule has 1 amide bonds. The van der Waals surface area contributed by atoms with E-state index in [1.165, 1.54) is 6.92 Å². The molecule has 2 rings (SSSR count). The Hall–Kier alpha value is -2.39. The Morgan fingerprint density at radius 3 is 2.62 bits per heavy atom. The fourth-order valence-corrected chi connectivity index (χ4v) is 3.48. The molecule has 1 saturated carbocycles. The van der Waals surface area contributed by atoms with Crippen molar-refractivity contribution >= 4 is 29.2 Å². The quantitative estimate of drug-likeness (QED) is 0.793. The number of aliphatic imine (C=N–C) groups is 1. The summed E-state index contributed by atoms with van der Waals surface area (Å²) in [5.41, 5.74) is 0.711. The van der Waals surface area contributed by atoms with E-state index in [-0.39, 0.29) is 12.5 Å². The molecule has 0 heterocycles. The Morgan fingerprint density at radius 2 is 2.08 bits per heavy atom. The van der Waals surface area contributed by atoms with Crippen molar-refractivity contribution < 1.29 is 14.7 Å². The number of carbonyl (C=O) groups excluding carboxylic acids is 1. The van der Waals surface area contributed by atoms with Crippen molar-refractivity contribution in [1.82, 2.24) is 5.32 Å². The smallest absolute Gasteiger partial charge is 0.326 e. The molecular weight excluding hydrogens is 354 g/mol. The highest BCUT2D eigenvalue weighted by Gasteiger charge is 2.44. The van der Waals surface area contributed by atoms with Gasteiger partial charge in [0.05, 0.1) is 17.5 Å². The van der Waals surface area contributed by atoms with E-state index in [4.69, 9.17) is 16.6 Å². The van der Waals surface area contributed by atoms with Gasteiger partial charge in [-0.15, -0.1) is 0 Å². The highest BCUT2D eigenvalue weighted by Crippen LogP contribution is 2.40. The molecule has 26 heavy (non-hydrogen) atoms. The summed E-state index contributed by atoms with van der Waals surface area (Å²) in [6, 6.07) is 8.36. The van der Waals surface area contributed by atoms with Crippen molar-refractivity contribution in [2.24, 2.45) is 10.4 Å². The largest absolute Gasteiger partial charge is 0.480 e. The van der Waals surface area contributed by atoms with Gasteiger partial charge in [-0.3, -0.25) is 9.79 Å². The predicted molar refractivity (Wildman–Crippen MR) is 99.1 cm³/mol. The molecule has 0 aromatic heterocycles. The SMILES string of the molecule is CC(=O)N[C@@H](C[C@@]1(C#N)CCC/C1=N\[C@@H](C)c1ccc(Cl)cc1)C(=O)O. The van der Waals surface area contributed by atoms with E-state index in [2.05, 4.69) is 11.4 Å². The van der Waals surface area contributed by atoms with Crippen LogP contribution < -0.4 is 5.32 Å². The van der Waals surface area contributed by atoms with Crippen LogP contribution in [0.3, 0.4) is 0 Å². The lowest BCUT2D eigenvalue weighted by atomic mass is 9.79. The number of nitrogens with one attached hydrogen (secondary N) is 1.